The van der Waals surface area contributed by atoms with E-state index in [0.29, 0.717) is 13.2 Å². The molecule has 0 aromatic rings. The first kappa shape index (κ1) is 41.3. The minimum atomic E-state index is -1.00. The molecule has 0 saturated heterocycles. The van der Waals surface area contributed by atoms with Gasteiger partial charge in [0.2, 0.25) is 0 Å². The van der Waals surface area contributed by atoms with Crippen molar-refractivity contribution in [1.82, 2.24) is 0 Å². The molecule has 0 saturated carbocycles. The topological polar surface area (TPSA) is 190 Å². The van der Waals surface area contributed by atoms with Gasteiger partial charge in [-0.1, -0.05) is 38.8 Å². The number of carbonyl (C=O) groups is 4. The molecule has 0 aliphatic carbocycles. The Morgan fingerprint density at radius 2 is 0.909 bits per heavy atom. The van der Waals surface area contributed by atoms with Gasteiger partial charge in [-0.3, -0.25) is 9.59 Å². The molecule has 6 N–H and O–H groups in total. The van der Waals surface area contributed by atoms with Crippen LogP contribution in [0.5, 0.6) is 0 Å². The number of rotatable bonds is 12. The average molecular weight is 512 g/mol. The predicted molar refractivity (Wildman–Crippen MR) is 121 cm³/mol. The van der Waals surface area contributed by atoms with Crippen molar-refractivity contribution in [2.45, 2.75) is 79.1 Å². The van der Waals surface area contributed by atoms with Crippen molar-refractivity contribution < 1.29 is 71.5 Å². The van der Waals surface area contributed by atoms with E-state index >= 15 is 0 Å². The number of aliphatic hydroxyl groups is 2. The summed E-state index contributed by atoms with van der Waals surface area (Å²) in [6.07, 6.45) is 7.37. The summed E-state index contributed by atoms with van der Waals surface area (Å²) in [4.78, 5) is 40.3. The predicted octanol–water partition coefficient (Wildman–Crippen LogP) is 3.32. The first-order chi connectivity index (χ1) is 14.9. The summed E-state index contributed by atoms with van der Waals surface area (Å²) in [6, 6.07) is 0. The molecule has 0 radical (unpaired) electrons. The van der Waals surface area contributed by atoms with Gasteiger partial charge in [-0.2, -0.15) is 0 Å². The molecule has 0 aromatic carbocycles. The van der Waals surface area contributed by atoms with Gasteiger partial charge in [0, 0.05) is 58.9 Å². The molecule has 0 unspecified atom stereocenters. The summed E-state index contributed by atoms with van der Waals surface area (Å²) >= 11 is 0. The summed E-state index contributed by atoms with van der Waals surface area (Å²) in [6.45, 7) is 7.66. The maximum atomic E-state index is 10.2. The van der Waals surface area contributed by atoms with Crippen LogP contribution in [-0.4, -0.2) is 67.7 Å². The average Bonchev–Trinajstić information content (AvgIpc) is 2.69. The van der Waals surface area contributed by atoms with E-state index < -0.39 is 23.9 Å². The minimum absolute atomic E-state index is 0. The molecule has 0 spiro atoms. The number of hydrogen-bond donors (Lipinski definition) is 6. The van der Waals surface area contributed by atoms with Crippen LogP contribution in [0, 0.1) is 0 Å². The number of carboxylic acids is 4. The Labute approximate surface area is 210 Å². The molecule has 0 atom stereocenters. The molecule has 0 heterocycles. The normalized spacial score (nSPS) is 10.0. The fourth-order valence-electron chi connectivity index (χ4n) is 1.32. The molecule has 10 nitrogen and oxygen atoms in total. The Morgan fingerprint density at radius 1 is 0.636 bits per heavy atom. The van der Waals surface area contributed by atoms with Crippen molar-refractivity contribution in [2.24, 2.45) is 0 Å². The molecular weight excluding hydrogens is 472 g/mol. The van der Waals surface area contributed by atoms with Gasteiger partial charge < -0.3 is 30.6 Å². The number of allylic oxidation sites excluding steroid dienone is 2. The fraction of sp³-hybridized carbons (Fsp3) is 0.636. The van der Waals surface area contributed by atoms with Gasteiger partial charge in [-0.25, -0.2) is 9.59 Å². The van der Waals surface area contributed by atoms with Crippen molar-refractivity contribution in [3.05, 3.63) is 23.3 Å². The number of aliphatic hydroxyl groups excluding tert-OH is 2. The molecule has 0 bridgehead atoms. The van der Waals surface area contributed by atoms with Crippen molar-refractivity contribution >= 4 is 23.9 Å². The van der Waals surface area contributed by atoms with Crippen LogP contribution in [0.15, 0.2) is 23.3 Å². The first-order valence-corrected chi connectivity index (χ1v) is 10.4. The second-order valence-electron chi connectivity index (χ2n) is 6.40. The van der Waals surface area contributed by atoms with Gasteiger partial charge in [0.1, 0.15) is 0 Å². The number of unbranched alkanes of at least 4 members (excludes halogenated alkanes) is 2. The van der Waals surface area contributed by atoms with Gasteiger partial charge in [-0.05, 0) is 39.5 Å². The smallest absolute Gasteiger partial charge is 0.330 e. The van der Waals surface area contributed by atoms with Crippen molar-refractivity contribution in [1.29, 1.82) is 0 Å². The van der Waals surface area contributed by atoms with Crippen LogP contribution in [-0.2, 0) is 40.9 Å². The van der Waals surface area contributed by atoms with Crippen LogP contribution in [0.3, 0.4) is 0 Å². The SMILES string of the molecule is CC(=CCCC(=O)O)C(=O)O.CC(=CCCC(=O)O)C(=O)O.CCCCO.CCCCO.[Ti]. The van der Waals surface area contributed by atoms with Crippen LogP contribution < -0.4 is 0 Å². The Bertz CT molecular complexity index is 518. The summed E-state index contributed by atoms with van der Waals surface area (Å²) in [5, 5.41) is 49.2. The number of aliphatic carboxylic acids is 4. The maximum absolute atomic E-state index is 10.2. The zero-order valence-electron chi connectivity index (χ0n) is 20.0. The molecule has 0 rings (SSSR count). The van der Waals surface area contributed by atoms with Gasteiger partial charge in [0.25, 0.3) is 0 Å². The summed E-state index contributed by atoms with van der Waals surface area (Å²) < 4.78 is 0. The molecular formula is C22H40O10Ti. The molecule has 11 heteroatoms. The standard InChI is InChI=1S/2C7H10O4.2C4H10O.Ti/c2*1-5(7(10)11)3-2-4-6(8)9;2*1-2-3-4-5;/h2*3H,2,4H2,1H3,(H,8,9)(H,10,11);2*5H,2-4H2,1H3;. The number of carboxylic acid groups (broad SMARTS) is 4. The minimum Gasteiger partial charge on any atom is -0.481 e. The Morgan fingerprint density at radius 3 is 1.03 bits per heavy atom. The molecule has 0 aliphatic rings. The third kappa shape index (κ3) is 48.6. The van der Waals surface area contributed by atoms with Gasteiger partial charge in [-0.15, -0.1) is 0 Å². The summed E-state index contributed by atoms with van der Waals surface area (Å²) in [7, 11) is 0. The van der Waals surface area contributed by atoms with Crippen LogP contribution in [0.1, 0.15) is 79.1 Å². The second-order valence-corrected chi connectivity index (χ2v) is 6.40. The molecule has 0 fully saturated rings. The van der Waals surface area contributed by atoms with Crippen LogP contribution in [0.4, 0.5) is 0 Å². The van der Waals surface area contributed by atoms with E-state index in [0.717, 1.165) is 25.7 Å². The Balaban J connectivity index is -0.000000112. The maximum Gasteiger partial charge on any atom is 0.330 e. The van der Waals surface area contributed by atoms with Crippen LogP contribution in [0.25, 0.3) is 0 Å². The molecule has 192 valence electrons. The van der Waals surface area contributed by atoms with Gasteiger partial charge >= 0.3 is 23.9 Å². The zero-order chi connectivity index (χ0) is 25.9. The van der Waals surface area contributed by atoms with E-state index in [2.05, 4.69) is 13.8 Å². The third-order valence-corrected chi connectivity index (χ3v) is 3.32. The first-order valence-electron chi connectivity index (χ1n) is 10.4. The Hall–Kier alpha value is -2.01. The van der Waals surface area contributed by atoms with E-state index in [4.69, 9.17) is 30.6 Å². The molecule has 33 heavy (non-hydrogen) atoms. The summed E-state index contributed by atoms with van der Waals surface area (Å²) in [5.74, 6) is -3.84. The van der Waals surface area contributed by atoms with Gasteiger partial charge in [0.15, 0.2) is 0 Å². The Kier molecular flexibility index (Phi) is 40.2. The summed E-state index contributed by atoms with van der Waals surface area (Å²) in [5.41, 5.74) is 0.373. The van der Waals surface area contributed by atoms with Crippen molar-refractivity contribution in [3.63, 3.8) is 0 Å². The quantitative estimate of drug-likeness (QED) is 0.167. The monoisotopic (exact) mass is 512 g/mol. The molecule has 0 aliphatic heterocycles. The largest absolute Gasteiger partial charge is 0.481 e. The molecule has 0 aromatic heterocycles. The van der Waals surface area contributed by atoms with Crippen LogP contribution >= 0.6 is 0 Å². The zero-order valence-corrected chi connectivity index (χ0v) is 21.6. The van der Waals surface area contributed by atoms with Crippen molar-refractivity contribution in [2.75, 3.05) is 13.2 Å². The van der Waals surface area contributed by atoms with E-state index in [1.807, 2.05) is 0 Å². The number of hydrogen-bond acceptors (Lipinski definition) is 6. The van der Waals surface area contributed by atoms with Crippen LogP contribution in [0.2, 0.25) is 0 Å². The second kappa shape index (κ2) is 32.2. The van der Waals surface area contributed by atoms with Gasteiger partial charge in [0.05, 0.1) is 0 Å². The van der Waals surface area contributed by atoms with E-state index in [-0.39, 0.29) is 58.5 Å². The van der Waals surface area contributed by atoms with E-state index in [1.54, 1.807) is 0 Å². The van der Waals surface area contributed by atoms with E-state index in [1.165, 1.54) is 26.0 Å². The molecule has 0 amide bonds. The third-order valence-electron chi connectivity index (χ3n) is 3.32. The van der Waals surface area contributed by atoms with E-state index in [9.17, 15) is 19.2 Å². The van der Waals surface area contributed by atoms with Crippen molar-refractivity contribution in [3.8, 4) is 0 Å². The fourth-order valence-corrected chi connectivity index (χ4v) is 1.32.